The second-order valence-corrected chi connectivity index (χ2v) is 5.70. The van der Waals surface area contributed by atoms with Crippen LogP contribution in [0.25, 0.3) is 0 Å². The first-order valence-electron chi connectivity index (χ1n) is 8.06. The molecule has 1 heterocycles. The summed E-state index contributed by atoms with van der Waals surface area (Å²) in [6.07, 6.45) is 1.61. The summed E-state index contributed by atoms with van der Waals surface area (Å²) in [5.41, 5.74) is 4.45. The van der Waals surface area contributed by atoms with E-state index in [1.165, 1.54) is 11.1 Å². The lowest BCUT2D eigenvalue weighted by molar-refractivity contribution is 0.410. The Kier molecular flexibility index (Phi) is 5.09. The summed E-state index contributed by atoms with van der Waals surface area (Å²) in [4.78, 5) is 4.47. The van der Waals surface area contributed by atoms with Crippen LogP contribution in [0, 0.1) is 13.8 Å². The van der Waals surface area contributed by atoms with E-state index in [9.17, 15) is 0 Å². The fourth-order valence-corrected chi connectivity index (χ4v) is 2.49. The normalized spacial score (nSPS) is 10.4. The van der Waals surface area contributed by atoms with E-state index in [4.69, 9.17) is 4.74 Å². The zero-order chi connectivity index (χ0) is 17.6. The quantitative estimate of drug-likeness (QED) is 0.713. The van der Waals surface area contributed by atoms with Crippen molar-refractivity contribution in [3.63, 3.8) is 0 Å². The van der Waals surface area contributed by atoms with Crippen molar-refractivity contribution in [3.05, 3.63) is 65.4 Å². The van der Waals surface area contributed by atoms with Gasteiger partial charge in [0.05, 0.1) is 13.3 Å². The lowest BCUT2D eigenvalue weighted by Gasteiger charge is -2.12. The summed E-state index contributed by atoms with van der Waals surface area (Å²) in [6, 6.07) is 13.9. The van der Waals surface area contributed by atoms with E-state index in [-0.39, 0.29) is 0 Å². The number of para-hydroxylation sites is 1. The molecular formula is C19H21N5O. The first-order chi connectivity index (χ1) is 12.2. The highest BCUT2D eigenvalue weighted by Gasteiger charge is 2.06. The average molecular weight is 335 g/mol. The first-order valence-corrected chi connectivity index (χ1v) is 8.06. The number of rotatable bonds is 6. The fourth-order valence-electron chi connectivity index (χ4n) is 2.49. The van der Waals surface area contributed by atoms with E-state index < -0.39 is 0 Å². The van der Waals surface area contributed by atoms with Gasteiger partial charge in [0, 0.05) is 17.8 Å². The number of benzene rings is 2. The Balaban J connectivity index is 1.72. The third-order valence-electron chi connectivity index (χ3n) is 4.06. The minimum Gasteiger partial charge on any atom is -0.496 e. The lowest BCUT2D eigenvalue weighted by Crippen LogP contribution is -2.07. The van der Waals surface area contributed by atoms with Crippen molar-refractivity contribution in [1.29, 1.82) is 0 Å². The number of nitrogens with one attached hydrogen (secondary N) is 2. The second-order valence-electron chi connectivity index (χ2n) is 5.70. The van der Waals surface area contributed by atoms with E-state index in [1.807, 2.05) is 36.4 Å². The van der Waals surface area contributed by atoms with Crippen LogP contribution in [0.3, 0.4) is 0 Å². The molecule has 1 aromatic heterocycles. The Bertz CT molecular complexity index is 866. The van der Waals surface area contributed by atoms with Gasteiger partial charge < -0.3 is 15.4 Å². The maximum absolute atomic E-state index is 5.35. The maximum atomic E-state index is 5.35. The summed E-state index contributed by atoms with van der Waals surface area (Å²) in [6.45, 7) is 4.71. The zero-order valence-electron chi connectivity index (χ0n) is 14.6. The number of aromatic nitrogens is 3. The van der Waals surface area contributed by atoms with Gasteiger partial charge >= 0.3 is 0 Å². The van der Waals surface area contributed by atoms with Gasteiger partial charge in [-0.1, -0.05) is 30.3 Å². The Morgan fingerprint density at radius 2 is 1.88 bits per heavy atom. The van der Waals surface area contributed by atoms with E-state index in [0.29, 0.717) is 18.3 Å². The highest BCUT2D eigenvalue weighted by atomic mass is 16.5. The van der Waals surface area contributed by atoms with Gasteiger partial charge in [0.15, 0.2) is 5.82 Å². The largest absolute Gasteiger partial charge is 0.496 e. The van der Waals surface area contributed by atoms with Gasteiger partial charge in [-0.25, -0.2) is 0 Å². The molecule has 6 nitrogen and oxygen atoms in total. The minimum absolute atomic E-state index is 0.459. The number of methoxy groups -OCH3 is 1. The molecule has 25 heavy (non-hydrogen) atoms. The van der Waals surface area contributed by atoms with Crippen LogP contribution >= 0.6 is 0 Å². The van der Waals surface area contributed by atoms with Crippen LogP contribution in [0.2, 0.25) is 0 Å². The second kappa shape index (κ2) is 7.61. The molecule has 3 aromatic rings. The number of anilines is 3. The molecule has 0 radical (unpaired) electrons. The van der Waals surface area contributed by atoms with Crippen molar-refractivity contribution in [2.75, 3.05) is 17.7 Å². The SMILES string of the molecule is COc1ccccc1CNc1nncc(Nc2cccc(C)c2C)n1. The molecule has 0 atom stereocenters. The molecule has 0 amide bonds. The van der Waals surface area contributed by atoms with Crippen LogP contribution in [0.5, 0.6) is 5.75 Å². The summed E-state index contributed by atoms with van der Waals surface area (Å²) in [5.74, 6) is 1.93. The van der Waals surface area contributed by atoms with Crippen molar-refractivity contribution in [3.8, 4) is 5.75 Å². The molecule has 0 unspecified atom stereocenters. The molecule has 0 spiro atoms. The number of nitrogens with zero attached hydrogens (tertiary/aromatic N) is 3. The summed E-state index contributed by atoms with van der Waals surface area (Å²) < 4.78 is 5.35. The van der Waals surface area contributed by atoms with Crippen molar-refractivity contribution in [2.24, 2.45) is 0 Å². The van der Waals surface area contributed by atoms with E-state index in [2.05, 4.69) is 45.7 Å². The van der Waals surface area contributed by atoms with Gasteiger partial charge in [-0.3, -0.25) is 0 Å². The third kappa shape index (κ3) is 4.03. The Morgan fingerprint density at radius 1 is 1.04 bits per heavy atom. The third-order valence-corrected chi connectivity index (χ3v) is 4.06. The molecule has 128 valence electrons. The van der Waals surface area contributed by atoms with Crippen molar-refractivity contribution in [2.45, 2.75) is 20.4 Å². The van der Waals surface area contributed by atoms with Crippen LogP contribution < -0.4 is 15.4 Å². The summed E-state index contributed by atoms with van der Waals surface area (Å²) in [5, 5.41) is 14.5. The Hall–Kier alpha value is -3.15. The van der Waals surface area contributed by atoms with Gasteiger partial charge in [-0.2, -0.15) is 10.1 Å². The van der Waals surface area contributed by atoms with Gasteiger partial charge in [0.25, 0.3) is 0 Å². The molecule has 0 fully saturated rings. The van der Waals surface area contributed by atoms with Crippen LogP contribution in [0.4, 0.5) is 17.5 Å². The maximum Gasteiger partial charge on any atom is 0.244 e. The molecule has 0 aliphatic heterocycles. The molecule has 0 bridgehead atoms. The number of ether oxygens (including phenoxy) is 1. The van der Waals surface area contributed by atoms with Crippen molar-refractivity contribution >= 4 is 17.5 Å². The Labute approximate surface area is 147 Å². The van der Waals surface area contributed by atoms with E-state index in [1.54, 1.807) is 13.3 Å². The smallest absolute Gasteiger partial charge is 0.244 e. The standard InChI is InChI=1S/C19H21N5O/c1-13-7-6-9-16(14(13)2)22-18-12-21-24-19(23-18)20-11-15-8-4-5-10-17(15)25-3/h4-10,12H,11H2,1-3H3,(H2,20,22,23,24). The molecular weight excluding hydrogens is 314 g/mol. The molecule has 0 aliphatic carbocycles. The highest BCUT2D eigenvalue weighted by molar-refractivity contribution is 5.61. The van der Waals surface area contributed by atoms with Crippen LogP contribution in [-0.4, -0.2) is 22.3 Å². The number of aryl methyl sites for hydroxylation is 1. The number of hydrogen-bond acceptors (Lipinski definition) is 6. The topological polar surface area (TPSA) is 72.0 Å². The van der Waals surface area contributed by atoms with Gasteiger partial charge in [0.2, 0.25) is 5.95 Å². The highest BCUT2D eigenvalue weighted by Crippen LogP contribution is 2.22. The van der Waals surface area contributed by atoms with Crippen molar-refractivity contribution < 1.29 is 4.74 Å². The molecule has 2 N–H and O–H groups in total. The van der Waals surface area contributed by atoms with Crippen LogP contribution in [0.15, 0.2) is 48.7 Å². The monoisotopic (exact) mass is 335 g/mol. The zero-order valence-corrected chi connectivity index (χ0v) is 14.6. The predicted octanol–water partition coefficient (Wildman–Crippen LogP) is 3.85. The van der Waals surface area contributed by atoms with Gasteiger partial charge in [-0.15, -0.1) is 5.10 Å². The molecule has 6 heteroatoms. The van der Waals surface area contributed by atoms with Gasteiger partial charge in [0.1, 0.15) is 5.75 Å². The number of hydrogen-bond donors (Lipinski definition) is 2. The van der Waals surface area contributed by atoms with E-state index >= 15 is 0 Å². The van der Waals surface area contributed by atoms with E-state index in [0.717, 1.165) is 17.0 Å². The van der Waals surface area contributed by atoms with Crippen molar-refractivity contribution in [1.82, 2.24) is 15.2 Å². The molecule has 3 rings (SSSR count). The molecule has 0 saturated carbocycles. The fraction of sp³-hybridized carbons (Fsp3) is 0.211. The first kappa shape index (κ1) is 16.7. The molecule has 0 saturated heterocycles. The predicted molar refractivity (Wildman–Crippen MR) is 99.3 cm³/mol. The van der Waals surface area contributed by atoms with Crippen LogP contribution in [-0.2, 0) is 6.54 Å². The minimum atomic E-state index is 0.459. The Morgan fingerprint density at radius 3 is 2.72 bits per heavy atom. The average Bonchev–Trinajstić information content (AvgIpc) is 2.64. The molecule has 0 aliphatic rings. The summed E-state index contributed by atoms with van der Waals surface area (Å²) in [7, 11) is 1.66. The lowest BCUT2D eigenvalue weighted by atomic mass is 10.1. The van der Waals surface area contributed by atoms with Crippen LogP contribution in [0.1, 0.15) is 16.7 Å². The molecule has 2 aromatic carbocycles. The summed E-state index contributed by atoms with van der Waals surface area (Å²) >= 11 is 0. The van der Waals surface area contributed by atoms with Gasteiger partial charge in [-0.05, 0) is 37.1 Å².